The van der Waals surface area contributed by atoms with Crippen molar-refractivity contribution in [3.8, 4) is 11.1 Å². The topological polar surface area (TPSA) is 55.1 Å². The van der Waals surface area contributed by atoms with Gasteiger partial charge in [0.1, 0.15) is 5.82 Å². The van der Waals surface area contributed by atoms with Crippen LogP contribution in [0.25, 0.3) is 11.1 Å². The van der Waals surface area contributed by atoms with Crippen molar-refractivity contribution in [2.24, 2.45) is 0 Å². The van der Waals surface area contributed by atoms with Crippen LogP contribution in [0.15, 0.2) is 36.7 Å². The van der Waals surface area contributed by atoms with E-state index >= 15 is 0 Å². The summed E-state index contributed by atoms with van der Waals surface area (Å²) in [6, 6.07) is 6.19. The molecule has 0 saturated carbocycles. The van der Waals surface area contributed by atoms with Crippen molar-refractivity contribution in [1.82, 2.24) is 9.78 Å². The summed E-state index contributed by atoms with van der Waals surface area (Å²) in [6.07, 6.45) is 3.32. The van der Waals surface area contributed by atoms with Crippen molar-refractivity contribution < 1.29 is 14.3 Å². The number of nitrogens with zero attached hydrogens (tertiary/aromatic N) is 2. The molecule has 0 aliphatic carbocycles. The maximum atomic E-state index is 13.0. The molecule has 0 fully saturated rings. The summed E-state index contributed by atoms with van der Waals surface area (Å²) in [4.78, 5) is 10.4. The van der Waals surface area contributed by atoms with Crippen LogP contribution in [0.5, 0.6) is 0 Å². The zero-order valence-corrected chi connectivity index (χ0v) is 9.01. The van der Waals surface area contributed by atoms with Gasteiger partial charge in [0, 0.05) is 11.8 Å². The Bertz CT molecular complexity index is 537. The van der Waals surface area contributed by atoms with Crippen LogP contribution in [0.2, 0.25) is 0 Å². The van der Waals surface area contributed by atoms with Crippen LogP contribution in [0.3, 0.4) is 0 Å². The van der Waals surface area contributed by atoms with Gasteiger partial charge in [0.25, 0.3) is 0 Å². The zero-order valence-electron chi connectivity index (χ0n) is 9.01. The van der Waals surface area contributed by atoms with Gasteiger partial charge in [-0.3, -0.25) is 9.48 Å². The fourth-order valence-corrected chi connectivity index (χ4v) is 1.51. The number of hydrogen-bond donors (Lipinski definition) is 1. The predicted octanol–water partition coefficient (Wildman–Crippen LogP) is 2.16. The minimum atomic E-state index is -0.868. The lowest BCUT2D eigenvalue weighted by Gasteiger charge is -1.98. The fourth-order valence-electron chi connectivity index (χ4n) is 1.51. The normalized spacial score (nSPS) is 10.4. The molecule has 0 amide bonds. The smallest absolute Gasteiger partial charge is 0.305 e. The number of aromatic nitrogens is 2. The molecule has 88 valence electrons. The highest BCUT2D eigenvalue weighted by molar-refractivity contribution is 5.66. The van der Waals surface area contributed by atoms with Gasteiger partial charge in [0.15, 0.2) is 0 Å². The molecule has 1 N–H and O–H groups in total. The summed E-state index contributed by atoms with van der Waals surface area (Å²) < 4.78 is 14.5. The second-order valence-electron chi connectivity index (χ2n) is 3.65. The summed E-state index contributed by atoms with van der Waals surface area (Å²) in [5.74, 6) is -1.17. The van der Waals surface area contributed by atoms with Gasteiger partial charge in [-0.15, -0.1) is 0 Å². The molecular weight excluding hydrogens is 223 g/mol. The van der Waals surface area contributed by atoms with E-state index < -0.39 is 5.97 Å². The highest BCUT2D eigenvalue weighted by Crippen LogP contribution is 2.19. The number of rotatable bonds is 4. The average Bonchev–Trinajstić information content (AvgIpc) is 2.75. The second kappa shape index (κ2) is 4.78. The first-order chi connectivity index (χ1) is 8.15. The van der Waals surface area contributed by atoms with Gasteiger partial charge in [0.05, 0.1) is 19.2 Å². The van der Waals surface area contributed by atoms with Crippen molar-refractivity contribution in [3.05, 3.63) is 42.5 Å². The number of carboxylic acid groups (broad SMARTS) is 1. The minimum Gasteiger partial charge on any atom is -0.481 e. The van der Waals surface area contributed by atoms with Crippen molar-refractivity contribution in [2.45, 2.75) is 13.0 Å². The summed E-state index contributed by atoms with van der Waals surface area (Å²) in [5, 5.41) is 12.6. The maximum Gasteiger partial charge on any atom is 0.305 e. The Balaban J connectivity index is 2.15. The third-order valence-electron chi connectivity index (χ3n) is 2.35. The lowest BCUT2D eigenvalue weighted by molar-refractivity contribution is -0.137. The quantitative estimate of drug-likeness (QED) is 0.881. The number of benzene rings is 1. The van der Waals surface area contributed by atoms with E-state index in [4.69, 9.17) is 5.11 Å². The molecule has 0 saturated heterocycles. The Morgan fingerprint density at radius 2 is 2.24 bits per heavy atom. The molecule has 0 bridgehead atoms. The van der Waals surface area contributed by atoms with Crippen LogP contribution >= 0.6 is 0 Å². The molecule has 4 nitrogen and oxygen atoms in total. The molecule has 1 aromatic heterocycles. The van der Waals surface area contributed by atoms with Crippen LogP contribution < -0.4 is 0 Å². The molecule has 0 atom stereocenters. The monoisotopic (exact) mass is 234 g/mol. The molecule has 5 heteroatoms. The van der Waals surface area contributed by atoms with E-state index in [1.54, 1.807) is 24.5 Å². The van der Waals surface area contributed by atoms with E-state index in [1.165, 1.54) is 16.8 Å². The first-order valence-electron chi connectivity index (χ1n) is 5.15. The number of hydrogen-bond acceptors (Lipinski definition) is 2. The molecule has 0 radical (unpaired) electrons. The van der Waals surface area contributed by atoms with Gasteiger partial charge in [0.2, 0.25) is 0 Å². The number of aryl methyl sites for hydroxylation is 1. The molecule has 1 aromatic carbocycles. The highest BCUT2D eigenvalue weighted by atomic mass is 19.1. The zero-order chi connectivity index (χ0) is 12.3. The van der Waals surface area contributed by atoms with Crippen molar-refractivity contribution in [3.63, 3.8) is 0 Å². The molecule has 2 aromatic rings. The SMILES string of the molecule is O=C(O)CCn1cc(-c2cccc(F)c2)cn1. The summed E-state index contributed by atoms with van der Waals surface area (Å²) in [5.41, 5.74) is 1.50. The number of aliphatic carboxylic acids is 1. The third kappa shape index (κ3) is 2.90. The number of carboxylic acids is 1. The van der Waals surface area contributed by atoms with Crippen molar-refractivity contribution in [1.29, 1.82) is 0 Å². The molecule has 1 heterocycles. The lowest BCUT2D eigenvalue weighted by atomic mass is 10.1. The Morgan fingerprint density at radius 3 is 2.94 bits per heavy atom. The van der Waals surface area contributed by atoms with E-state index in [-0.39, 0.29) is 12.2 Å². The van der Waals surface area contributed by atoms with E-state index in [9.17, 15) is 9.18 Å². The summed E-state index contributed by atoms with van der Waals surface area (Å²) in [6.45, 7) is 0.310. The largest absolute Gasteiger partial charge is 0.481 e. The van der Waals surface area contributed by atoms with Crippen LogP contribution in [-0.4, -0.2) is 20.9 Å². The predicted molar refractivity (Wildman–Crippen MR) is 59.9 cm³/mol. The molecule has 0 aliphatic rings. The Hall–Kier alpha value is -2.17. The Kier molecular flexibility index (Phi) is 3.18. The molecule has 0 spiro atoms. The lowest BCUT2D eigenvalue weighted by Crippen LogP contribution is -2.04. The van der Waals surface area contributed by atoms with Crippen LogP contribution in [0.1, 0.15) is 6.42 Å². The van der Waals surface area contributed by atoms with Crippen LogP contribution in [-0.2, 0) is 11.3 Å². The van der Waals surface area contributed by atoms with Crippen LogP contribution in [0.4, 0.5) is 4.39 Å². The van der Waals surface area contributed by atoms with Gasteiger partial charge in [-0.2, -0.15) is 5.10 Å². The molecule has 0 unspecified atom stereocenters. The minimum absolute atomic E-state index is 0.0181. The van der Waals surface area contributed by atoms with Gasteiger partial charge in [-0.05, 0) is 17.7 Å². The Morgan fingerprint density at radius 1 is 1.41 bits per heavy atom. The van der Waals surface area contributed by atoms with E-state index in [0.717, 1.165) is 11.1 Å². The summed E-state index contributed by atoms with van der Waals surface area (Å²) >= 11 is 0. The van der Waals surface area contributed by atoms with Crippen LogP contribution in [0, 0.1) is 5.82 Å². The fraction of sp³-hybridized carbons (Fsp3) is 0.167. The van der Waals surface area contributed by atoms with Gasteiger partial charge in [-0.25, -0.2) is 4.39 Å². The molecular formula is C12H11FN2O2. The van der Waals surface area contributed by atoms with E-state index in [2.05, 4.69) is 5.10 Å². The molecule has 2 rings (SSSR count). The number of carbonyl (C=O) groups is 1. The Labute approximate surface area is 97.3 Å². The molecule has 17 heavy (non-hydrogen) atoms. The highest BCUT2D eigenvalue weighted by Gasteiger charge is 2.04. The van der Waals surface area contributed by atoms with E-state index in [1.807, 2.05) is 0 Å². The number of halogens is 1. The van der Waals surface area contributed by atoms with Gasteiger partial charge in [-0.1, -0.05) is 12.1 Å². The maximum absolute atomic E-state index is 13.0. The van der Waals surface area contributed by atoms with Crippen molar-refractivity contribution in [2.75, 3.05) is 0 Å². The van der Waals surface area contributed by atoms with Crippen molar-refractivity contribution >= 4 is 5.97 Å². The first-order valence-corrected chi connectivity index (χ1v) is 5.15. The van der Waals surface area contributed by atoms with Gasteiger partial charge < -0.3 is 5.11 Å². The van der Waals surface area contributed by atoms with E-state index in [0.29, 0.717) is 6.54 Å². The average molecular weight is 234 g/mol. The first kappa shape index (κ1) is 11.3. The standard InChI is InChI=1S/C12H11FN2O2/c13-11-3-1-2-9(6-11)10-7-14-15(8-10)5-4-12(16)17/h1-3,6-8H,4-5H2,(H,16,17). The molecule has 0 aliphatic heterocycles. The third-order valence-corrected chi connectivity index (χ3v) is 2.35. The summed E-state index contributed by atoms with van der Waals surface area (Å²) in [7, 11) is 0. The van der Waals surface area contributed by atoms with Gasteiger partial charge >= 0.3 is 5.97 Å². The second-order valence-corrected chi connectivity index (χ2v) is 3.65.